The van der Waals surface area contributed by atoms with E-state index in [1.54, 1.807) is 0 Å². The molecule has 27 heavy (non-hydrogen) atoms. The van der Waals surface area contributed by atoms with Gasteiger partial charge in [0.05, 0.1) is 0 Å². The molecule has 1 heterocycles. The molecule has 1 aliphatic carbocycles. The molecule has 1 saturated heterocycles. The largest absolute Gasteiger partial charge is 0.381 e. The first-order valence-corrected chi connectivity index (χ1v) is 9.95. The van der Waals surface area contributed by atoms with E-state index in [2.05, 4.69) is 5.32 Å². The maximum absolute atomic E-state index is 13.2. The SMILES string of the molecule is Cl.NC(=O)C1(NCCC2CCC(c3ccc(F)cc3Cl)CC2)CCOCC1. The van der Waals surface area contributed by atoms with Gasteiger partial charge in [-0.05, 0) is 81.0 Å². The van der Waals surface area contributed by atoms with E-state index in [1.165, 1.54) is 12.1 Å². The molecule has 3 rings (SSSR count). The second kappa shape index (κ2) is 10.1. The molecule has 0 spiro atoms. The zero-order chi connectivity index (χ0) is 18.6. The highest BCUT2D eigenvalue weighted by Gasteiger charge is 2.38. The van der Waals surface area contributed by atoms with E-state index in [0.717, 1.165) is 44.2 Å². The molecule has 3 N–H and O–H groups in total. The van der Waals surface area contributed by atoms with E-state index in [4.69, 9.17) is 22.1 Å². The minimum absolute atomic E-state index is 0. The van der Waals surface area contributed by atoms with Gasteiger partial charge in [0.1, 0.15) is 11.4 Å². The fourth-order valence-electron chi connectivity index (χ4n) is 4.34. The van der Waals surface area contributed by atoms with E-state index < -0.39 is 5.54 Å². The number of carbonyl (C=O) groups excluding carboxylic acids is 1. The lowest BCUT2D eigenvalue weighted by atomic mass is 9.77. The molecular formula is C20H29Cl2FN2O2. The maximum Gasteiger partial charge on any atom is 0.237 e. The first kappa shape index (κ1) is 22.4. The van der Waals surface area contributed by atoms with Crippen LogP contribution in [0.3, 0.4) is 0 Å². The molecule has 152 valence electrons. The Labute approximate surface area is 171 Å². The first-order valence-electron chi connectivity index (χ1n) is 9.58. The fraction of sp³-hybridized carbons (Fsp3) is 0.650. The van der Waals surface area contributed by atoms with Crippen molar-refractivity contribution in [3.8, 4) is 0 Å². The molecule has 1 amide bonds. The summed E-state index contributed by atoms with van der Waals surface area (Å²) in [6, 6.07) is 4.73. The Morgan fingerprint density at radius 1 is 1.26 bits per heavy atom. The number of amides is 1. The maximum atomic E-state index is 13.2. The fourth-order valence-corrected chi connectivity index (χ4v) is 4.66. The molecule has 0 atom stereocenters. The van der Waals surface area contributed by atoms with Gasteiger partial charge in [-0.3, -0.25) is 4.79 Å². The summed E-state index contributed by atoms with van der Waals surface area (Å²) in [4.78, 5) is 11.9. The van der Waals surface area contributed by atoms with Crippen LogP contribution in [-0.4, -0.2) is 31.2 Å². The van der Waals surface area contributed by atoms with Crippen molar-refractivity contribution >= 4 is 29.9 Å². The van der Waals surface area contributed by atoms with Gasteiger partial charge in [-0.2, -0.15) is 0 Å². The number of benzene rings is 1. The minimum Gasteiger partial charge on any atom is -0.381 e. The molecule has 0 aromatic heterocycles. The lowest BCUT2D eigenvalue weighted by molar-refractivity contribution is -0.128. The second-order valence-electron chi connectivity index (χ2n) is 7.66. The zero-order valence-electron chi connectivity index (χ0n) is 15.5. The predicted molar refractivity (Wildman–Crippen MR) is 108 cm³/mol. The topological polar surface area (TPSA) is 64.4 Å². The summed E-state index contributed by atoms with van der Waals surface area (Å²) in [5, 5.41) is 3.96. The van der Waals surface area contributed by atoms with Crippen LogP contribution in [0.25, 0.3) is 0 Å². The Bertz CT molecular complexity index is 630. The summed E-state index contributed by atoms with van der Waals surface area (Å²) in [6.45, 7) is 1.97. The molecule has 4 nitrogen and oxygen atoms in total. The molecule has 1 saturated carbocycles. The van der Waals surface area contributed by atoms with Gasteiger partial charge in [0.25, 0.3) is 0 Å². The van der Waals surface area contributed by atoms with Crippen molar-refractivity contribution < 1.29 is 13.9 Å². The highest BCUT2D eigenvalue weighted by Crippen LogP contribution is 2.39. The summed E-state index contributed by atoms with van der Waals surface area (Å²) in [5.41, 5.74) is 6.10. The Morgan fingerprint density at radius 2 is 1.93 bits per heavy atom. The van der Waals surface area contributed by atoms with E-state index in [-0.39, 0.29) is 24.1 Å². The summed E-state index contributed by atoms with van der Waals surface area (Å²) in [5.74, 6) is 0.507. The molecule has 0 unspecified atom stereocenters. The average molecular weight is 419 g/mol. The highest BCUT2D eigenvalue weighted by atomic mass is 35.5. The molecule has 0 radical (unpaired) electrons. The van der Waals surface area contributed by atoms with Crippen LogP contribution >= 0.6 is 24.0 Å². The van der Waals surface area contributed by atoms with Gasteiger partial charge >= 0.3 is 0 Å². The highest BCUT2D eigenvalue weighted by molar-refractivity contribution is 6.31. The minimum atomic E-state index is -0.600. The van der Waals surface area contributed by atoms with Gasteiger partial charge in [0.2, 0.25) is 5.91 Å². The summed E-state index contributed by atoms with van der Waals surface area (Å²) in [7, 11) is 0. The van der Waals surface area contributed by atoms with Crippen molar-refractivity contribution in [2.24, 2.45) is 11.7 Å². The number of primary amides is 1. The van der Waals surface area contributed by atoms with Gasteiger partial charge < -0.3 is 15.8 Å². The van der Waals surface area contributed by atoms with Gasteiger partial charge in [-0.15, -0.1) is 12.4 Å². The molecule has 2 aliphatic rings. The summed E-state index contributed by atoms with van der Waals surface area (Å²) in [6.07, 6.45) is 6.76. The van der Waals surface area contributed by atoms with Crippen LogP contribution < -0.4 is 11.1 Å². The van der Waals surface area contributed by atoms with Gasteiger partial charge in [-0.1, -0.05) is 17.7 Å². The molecule has 1 aromatic carbocycles. The second-order valence-corrected chi connectivity index (χ2v) is 8.06. The molecule has 7 heteroatoms. The molecule has 1 aromatic rings. The van der Waals surface area contributed by atoms with Crippen LogP contribution in [0.5, 0.6) is 0 Å². The van der Waals surface area contributed by atoms with Gasteiger partial charge in [0.15, 0.2) is 0 Å². The van der Waals surface area contributed by atoms with Crippen molar-refractivity contribution in [2.45, 2.75) is 56.4 Å². The number of hydrogen-bond donors (Lipinski definition) is 2. The first-order chi connectivity index (χ1) is 12.5. The lowest BCUT2D eigenvalue weighted by Crippen LogP contribution is -2.58. The van der Waals surface area contributed by atoms with E-state index in [1.807, 2.05) is 6.07 Å². The molecule has 1 aliphatic heterocycles. The van der Waals surface area contributed by atoms with Crippen molar-refractivity contribution in [1.82, 2.24) is 5.32 Å². The van der Waals surface area contributed by atoms with Crippen molar-refractivity contribution in [3.63, 3.8) is 0 Å². The number of carbonyl (C=O) groups is 1. The van der Waals surface area contributed by atoms with Gasteiger partial charge in [0, 0.05) is 18.2 Å². The van der Waals surface area contributed by atoms with E-state index in [0.29, 0.717) is 42.9 Å². The normalized spacial score (nSPS) is 24.8. The Kier molecular flexibility index (Phi) is 8.35. The predicted octanol–water partition coefficient (Wildman–Crippen LogP) is 4.19. The van der Waals surface area contributed by atoms with Gasteiger partial charge in [-0.25, -0.2) is 4.39 Å². The van der Waals surface area contributed by atoms with Crippen molar-refractivity contribution in [3.05, 3.63) is 34.6 Å². The third kappa shape index (κ3) is 5.57. The van der Waals surface area contributed by atoms with Crippen LogP contribution in [0.2, 0.25) is 5.02 Å². The monoisotopic (exact) mass is 418 g/mol. The Morgan fingerprint density at radius 3 is 2.52 bits per heavy atom. The van der Waals surface area contributed by atoms with Crippen LogP contribution in [-0.2, 0) is 9.53 Å². The zero-order valence-corrected chi connectivity index (χ0v) is 17.1. The molecular weight excluding hydrogens is 390 g/mol. The Balaban J connectivity index is 0.00000261. The summed E-state index contributed by atoms with van der Waals surface area (Å²) < 4.78 is 18.6. The molecule has 2 fully saturated rings. The number of hydrogen-bond acceptors (Lipinski definition) is 3. The lowest BCUT2D eigenvalue weighted by Gasteiger charge is -2.36. The number of halogens is 3. The number of nitrogens with two attached hydrogens (primary N) is 1. The standard InChI is InChI=1S/C20H28ClFN2O2.ClH/c21-18-13-16(22)5-6-17(18)15-3-1-14(2-4-15)7-10-24-20(19(23)25)8-11-26-12-9-20;/h5-6,13-15,24H,1-4,7-12H2,(H2,23,25);1H. The third-order valence-corrected chi connectivity index (χ3v) is 6.41. The Hall–Kier alpha value is -0.880. The van der Waals surface area contributed by atoms with Crippen LogP contribution in [0.4, 0.5) is 4.39 Å². The number of rotatable bonds is 6. The molecule has 0 bridgehead atoms. The summed E-state index contributed by atoms with van der Waals surface area (Å²) >= 11 is 6.21. The van der Waals surface area contributed by atoms with E-state index in [9.17, 15) is 9.18 Å². The van der Waals surface area contributed by atoms with Crippen molar-refractivity contribution in [1.29, 1.82) is 0 Å². The van der Waals surface area contributed by atoms with Crippen LogP contribution in [0.1, 0.15) is 56.4 Å². The van der Waals surface area contributed by atoms with Crippen LogP contribution in [0, 0.1) is 11.7 Å². The van der Waals surface area contributed by atoms with Crippen LogP contribution in [0.15, 0.2) is 18.2 Å². The number of ether oxygens (including phenoxy) is 1. The van der Waals surface area contributed by atoms with E-state index >= 15 is 0 Å². The number of nitrogens with one attached hydrogen (secondary N) is 1. The third-order valence-electron chi connectivity index (χ3n) is 6.08. The van der Waals surface area contributed by atoms with Crippen molar-refractivity contribution in [2.75, 3.05) is 19.8 Å². The quantitative estimate of drug-likeness (QED) is 0.727. The smallest absolute Gasteiger partial charge is 0.237 e. The average Bonchev–Trinajstić information content (AvgIpc) is 2.63.